The highest BCUT2D eigenvalue weighted by Gasteiger charge is 2.25. The van der Waals surface area contributed by atoms with Crippen LogP contribution in [0.2, 0.25) is 0 Å². The molecule has 1 saturated heterocycles. The molecule has 1 aromatic rings. The van der Waals surface area contributed by atoms with Gasteiger partial charge in [0, 0.05) is 13.1 Å². The second-order valence-corrected chi connectivity index (χ2v) is 6.13. The predicted molar refractivity (Wildman–Crippen MR) is 87.2 cm³/mol. The largest absolute Gasteiger partial charge is 0.341 e. The zero-order chi connectivity index (χ0) is 15.1. The Morgan fingerprint density at radius 3 is 2.57 bits per heavy atom. The van der Waals surface area contributed by atoms with E-state index in [1.165, 1.54) is 5.56 Å². The molecule has 3 heteroatoms. The smallest absolute Gasteiger partial charge is 0.239 e. The van der Waals surface area contributed by atoms with Crippen LogP contribution in [0, 0.1) is 5.92 Å². The van der Waals surface area contributed by atoms with Crippen LogP contribution in [0.4, 0.5) is 0 Å². The van der Waals surface area contributed by atoms with Gasteiger partial charge in [0.05, 0.1) is 6.04 Å². The summed E-state index contributed by atoms with van der Waals surface area (Å²) < 4.78 is 0. The quantitative estimate of drug-likeness (QED) is 0.873. The molecule has 116 valence electrons. The minimum Gasteiger partial charge on any atom is -0.341 e. The average Bonchev–Trinajstić information content (AvgIpc) is 2.53. The van der Waals surface area contributed by atoms with E-state index in [0.29, 0.717) is 0 Å². The molecular formula is C18H28N2O. The van der Waals surface area contributed by atoms with Crippen LogP contribution in [0.25, 0.3) is 0 Å². The maximum absolute atomic E-state index is 12.3. The van der Waals surface area contributed by atoms with Gasteiger partial charge >= 0.3 is 0 Å². The van der Waals surface area contributed by atoms with Crippen molar-refractivity contribution < 1.29 is 4.79 Å². The van der Waals surface area contributed by atoms with E-state index in [1.54, 1.807) is 0 Å². The maximum atomic E-state index is 12.3. The molecule has 0 saturated carbocycles. The Morgan fingerprint density at radius 1 is 1.29 bits per heavy atom. The Morgan fingerprint density at radius 2 is 1.95 bits per heavy atom. The number of rotatable bonds is 6. The molecule has 1 atom stereocenters. The molecule has 0 aromatic heterocycles. The number of benzene rings is 1. The van der Waals surface area contributed by atoms with Gasteiger partial charge in [-0.25, -0.2) is 0 Å². The van der Waals surface area contributed by atoms with Gasteiger partial charge in [0.1, 0.15) is 0 Å². The highest BCUT2D eigenvalue weighted by Crippen LogP contribution is 2.22. The van der Waals surface area contributed by atoms with E-state index in [4.69, 9.17) is 0 Å². The lowest BCUT2D eigenvalue weighted by Crippen LogP contribution is -2.48. The van der Waals surface area contributed by atoms with Crippen LogP contribution in [-0.2, 0) is 11.2 Å². The fourth-order valence-corrected chi connectivity index (χ4v) is 3.03. The fourth-order valence-electron chi connectivity index (χ4n) is 3.03. The summed E-state index contributed by atoms with van der Waals surface area (Å²) in [7, 11) is 0. The Kier molecular flexibility index (Phi) is 6.24. The fraction of sp³-hybridized carbons (Fsp3) is 0.611. The molecule has 0 spiro atoms. The molecule has 1 aliphatic heterocycles. The third kappa shape index (κ3) is 4.85. The highest BCUT2D eigenvalue weighted by atomic mass is 16.2. The number of hydrogen-bond donors (Lipinski definition) is 1. The number of nitrogens with zero attached hydrogens (tertiary/aromatic N) is 1. The van der Waals surface area contributed by atoms with Gasteiger partial charge in [-0.3, -0.25) is 4.79 Å². The van der Waals surface area contributed by atoms with E-state index in [9.17, 15) is 4.79 Å². The van der Waals surface area contributed by atoms with E-state index in [0.717, 1.165) is 51.2 Å². The van der Waals surface area contributed by atoms with Gasteiger partial charge in [-0.05, 0) is 50.6 Å². The van der Waals surface area contributed by atoms with Gasteiger partial charge in [0.15, 0.2) is 0 Å². The van der Waals surface area contributed by atoms with E-state index in [2.05, 4.69) is 42.6 Å². The van der Waals surface area contributed by atoms with E-state index in [-0.39, 0.29) is 11.9 Å². The lowest BCUT2D eigenvalue weighted by atomic mass is 9.90. The van der Waals surface area contributed by atoms with Gasteiger partial charge in [-0.15, -0.1) is 0 Å². The van der Waals surface area contributed by atoms with E-state index >= 15 is 0 Å². The second-order valence-electron chi connectivity index (χ2n) is 6.13. The summed E-state index contributed by atoms with van der Waals surface area (Å²) >= 11 is 0. The van der Waals surface area contributed by atoms with E-state index in [1.807, 2.05) is 11.8 Å². The summed E-state index contributed by atoms with van der Waals surface area (Å²) in [5.41, 5.74) is 1.42. The molecule has 1 aliphatic rings. The molecule has 1 unspecified atom stereocenters. The molecule has 3 nitrogen and oxygen atoms in total. The number of amides is 1. The second kappa shape index (κ2) is 8.18. The summed E-state index contributed by atoms with van der Waals surface area (Å²) in [6.45, 7) is 6.84. The molecule has 0 radical (unpaired) electrons. The summed E-state index contributed by atoms with van der Waals surface area (Å²) in [5, 5.41) is 3.29. The maximum Gasteiger partial charge on any atom is 0.239 e. The minimum absolute atomic E-state index is 0.0457. The van der Waals surface area contributed by atoms with Crippen molar-refractivity contribution in [2.24, 2.45) is 5.92 Å². The van der Waals surface area contributed by atoms with Crippen molar-refractivity contribution >= 4 is 5.91 Å². The zero-order valence-electron chi connectivity index (χ0n) is 13.3. The summed E-state index contributed by atoms with van der Waals surface area (Å²) in [5.74, 6) is 0.983. The molecule has 21 heavy (non-hydrogen) atoms. The first kappa shape index (κ1) is 16.0. The van der Waals surface area contributed by atoms with E-state index < -0.39 is 0 Å². The normalized spacial score (nSPS) is 17.7. The third-order valence-electron chi connectivity index (χ3n) is 4.36. The number of piperidine rings is 1. The van der Waals surface area contributed by atoms with Gasteiger partial charge in [-0.2, -0.15) is 0 Å². The molecule has 1 N–H and O–H groups in total. The molecule has 2 rings (SSSR count). The van der Waals surface area contributed by atoms with Gasteiger partial charge in [0.25, 0.3) is 0 Å². The Hall–Kier alpha value is -1.35. The van der Waals surface area contributed by atoms with Crippen LogP contribution in [0.5, 0.6) is 0 Å². The van der Waals surface area contributed by atoms with Crippen LogP contribution in [0.3, 0.4) is 0 Å². The number of carbonyl (C=O) groups is 1. The van der Waals surface area contributed by atoms with Crippen LogP contribution < -0.4 is 5.32 Å². The van der Waals surface area contributed by atoms with Crippen molar-refractivity contribution in [3.8, 4) is 0 Å². The van der Waals surface area contributed by atoms with Crippen molar-refractivity contribution in [2.45, 2.75) is 45.6 Å². The molecule has 1 fully saturated rings. The minimum atomic E-state index is -0.0457. The molecule has 1 aromatic carbocycles. The van der Waals surface area contributed by atoms with Gasteiger partial charge in [-0.1, -0.05) is 37.3 Å². The van der Waals surface area contributed by atoms with Gasteiger partial charge < -0.3 is 10.2 Å². The lowest BCUT2D eigenvalue weighted by Gasteiger charge is -2.34. The number of hydrogen-bond acceptors (Lipinski definition) is 2. The number of carbonyl (C=O) groups excluding carboxylic acids is 1. The zero-order valence-corrected chi connectivity index (χ0v) is 13.3. The third-order valence-corrected chi connectivity index (χ3v) is 4.36. The number of likely N-dealkylation sites (tertiary alicyclic amines) is 1. The predicted octanol–water partition coefficient (Wildman–Crippen LogP) is 2.86. The molecule has 1 amide bonds. The van der Waals surface area contributed by atoms with Crippen molar-refractivity contribution in [1.29, 1.82) is 0 Å². The van der Waals surface area contributed by atoms with Crippen LogP contribution >= 0.6 is 0 Å². The summed E-state index contributed by atoms with van der Waals surface area (Å²) in [6, 6.07) is 10.6. The first-order valence-electron chi connectivity index (χ1n) is 8.26. The number of nitrogens with one attached hydrogen (secondary N) is 1. The lowest BCUT2D eigenvalue weighted by molar-refractivity contribution is -0.134. The first-order valence-corrected chi connectivity index (χ1v) is 8.26. The van der Waals surface area contributed by atoms with Crippen molar-refractivity contribution in [1.82, 2.24) is 10.2 Å². The summed E-state index contributed by atoms with van der Waals surface area (Å²) in [4.78, 5) is 14.4. The monoisotopic (exact) mass is 288 g/mol. The summed E-state index contributed by atoms with van der Waals surface area (Å²) in [6.07, 6.45) is 4.46. The Balaban J connectivity index is 1.76. The first-order chi connectivity index (χ1) is 10.2. The standard InChI is InChI=1S/C18H28N2O/c1-3-11-19-15(2)18(21)20-12-9-17(10-13-20)14-16-7-5-4-6-8-16/h4-8,15,17,19H,3,9-14H2,1-2H3. The van der Waals surface area contributed by atoms with Gasteiger partial charge in [0.2, 0.25) is 5.91 Å². The van der Waals surface area contributed by atoms with Crippen molar-refractivity contribution in [2.75, 3.05) is 19.6 Å². The average molecular weight is 288 g/mol. The van der Waals surface area contributed by atoms with Crippen LogP contribution in [-0.4, -0.2) is 36.5 Å². The Bertz CT molecular complexity index is 424. The Labute approximate surface area is 128 Å². The highest BCUT2D eigenvalue weighted by molar-refractivity contribution is 5.81. The van der Waals surface area contributed by atoms with Crippen LogP contribution in [0.15, 0.2) is 30.3 Å². The van der Waals surface area contributed by atoms with Crippen LogP contribution in [0.1, 0.15) is 38.7 Å². The molecule has 0 aliphatic carbocycles. The molecule has 1 heterocycles. The molecule has 0 bridgehead atoms. The topological polar surface area (TPSA) is 32.3 Å². The van der Waals surface area contributed by atoms with Crippen molar-refractivity contribution in [3.05, 3.63) is 35.9 Å². The SMILES string of the molecule is CCCNC(C)C(=O)N1CCC(Cc2ccccc2)CC1. The molecular weight excluding hydrogens is 260 g/mol. The van der Waals surface area contributed by atoms with Crippen molar-refractivity contribution in [3.63, 3.8) is 0 Å².